The molecule has 1 atom stereocenters. The van der Waals surface area contributed by atoms with Crippen molar-refractivity contribution >= 4 is 44.6 Å². The first-order valence-corrected chi connectivity index (χ1v) is 11.9. The second-order valence-electron chi connectivity index (χ2n) is 7.28. The third kappa shape index (κ3) is 4.99. The zero-order valence-corrected chi connectivity index (χ0v) is 18.8. The van der Waals surface area contributed by atoms with Crippen LogP contribution in [0.1, 0.15) is 19.8 Å². The molecule has 0 bridgehead atoms. The zero-order valence-electron chi connectivity index (χ0n) is 17.3. The van der Waals surface area contributed by atoms with E-state index < -0.39 is 22.0 Å². The van der Waals surface area contributed by atoms with Crippen LogP contribution >= 0.6 is 11.6 Å². The van der Waals surface area contributed by atoms with E-state index in [2.05, 4.69) is 10.2 Å². The fraction of sp³-hybridized carbons (Fsp3) is 0.381. The molecule has 1 aliphatic rings. The predicted molar refractivity (Wildman–Crippen MR) is 121 cm³/mol. The molecule has 1 amide bonds. The zero-order chi connectivity index (χ0) is 21.9. The van der Waals surface area contributed by atoms with Crippen molar-refractivity contribution < 1.29 is 17.9 Å². The number of hydrogen-bond donors (Lipinski definition) is 1. The first kappa shape index (κ1) is 22.2. The van der Waals surface area contributed by atoms with Crippen molar-refractivity contribution in [3.63, 3.8) is 0 Å². The smallest absolute Gasteiger partial charge is 0.247 e. The number of halogens is 1. The highest BCUT2D eigenvalue weighted by atomic mass is 35.5. The maximum absolute atomic E-state index is 12.8. The van der Waals surface area contributed by atoms with Crippen molar-refractivity contribution in [3.05, 3.63) is 47.5 Å². The van der Waals surface area contributed by atoms with E-state index in [-0.39, 0.29) is 10.7 Å². The molecule has 162 valence electrons. The topological polar surface area (TPSA) is 79.0 Å². The van der Waals surface area contributed by atoms with Gasteiger partial charge < -0.3 is 15.0 Å². The largest absolute Gasteiger partial charge is 0.495 e. The molecule has 0 spiro atoms. The second-order valence-corrected chi connectivity index (χ2v) is 9.55. The van der Waals surface area contributed by atoms with E-state index in [1.165, 1.54) is 32.9 Å². The number of anilines is 3. The molecule has 0 saturated carbocycles. The van der Waals surface area contributed by atoms with Crippen molar-refractivity contribution in [2.75, 3.05) is 41.0 Å². The molecular weight excluding hydrogens is 426 g/mol. The summed E-state index contributed by atoms with van der Waals surface area (Å²) in [6, 6.07) is 11.2. The van der Waals surface area contributed by atoms with Crippen LogP contribution in [0.2, 0.25) is 5.02 Å². The lowest BCUT2D eigenvalue weighted by atomic mass is 10.2. The van der Waals surface area contributed by atoms with Crippen LogP contribution in [0.3, 0.4) is 0 Å². The van der Waals surface area contributed by atoms with Crippen LogP contribution in [0.25, 0.3) is 0 Å². The summed E-state index contributed by atoms with van der Waals surface area (Å²) in [5, 5.41) is 3.06. The van der Waals surface area contributed by atoms with Gasteiger partial charge in [-0.15, -0.1) is 0 Å². The number of ether oxygens (including phenoxy) is 1. The monoisotopic (exact) mass is 451 g/mol. The van der Waals surface area contributed by atoms with Crippen molar-refractivity contribution in [2.24, 2.45) is 0 Å². The summed E-state index contributed by atoms with van der Waals surface area (Å²) in [6.45, 7) is 3.61. The summed E-state index contributed by atoms with van der Waals surface area (Å²) in [7, 11) is -2.27. The first-order valence-electron chi connectivity index (χ1n) is 9.69. The molecule has 2 aromatic carbocycles. The molecule has 9 heteroatoms. The number of nitrogens with one attached hydrogen (secondary N) is 1. The van der Waals surface area contributed by atoms with Crippen LogP contribution in [0.5, 0.6) is 5.75 Å². The Hall–Kier alpha value is -2.45. The number of amides is 1. The van der Waals surface area contributed by atoms with E-state index in [1.54, 1.807) is 12.1 Å². The van der Waals surface area contributed by atoms with Crippen LogP contribution < -0.4 is 19.3 Å². The van der Waals surface area contributed by atoms with Gasteiger partial charge in [-0.2, -0.15) is 0 Å². The van der Waals surface area contributed by atoms with Gasteiger partial charge in [0.1, 0.15) is 11.8 Å². The van der Waals surface area contributed by atoms with E-state index in [1.807, 2.05) is 24.3 Å². The van der Waals surface area contributed by atoms with Gasteiger partial charge in [-0.3, -0.25) is 9.10 Å². The first-order chi connectivity index (χ1) is 14.2. The summed E-state index contributed by atoms with van der Waals surface area (Å²) in [5.74, 6) is -0.0228. The summed E-state index contributed by atoms with van der Waals surface area (Å²) in [4.78, 5) is 15.1. The number of sulfonamides is 1. The van der Waals surface area contributed by atoms with Gasteiger partial charge in [0.05, 0.1) is 24.1 Å². The molecule has 7 nitrogen and oxygen atoms in total. The highest BCUT2D eigenvalue weighted by molar-refractivity contribution is 7.92. The molecule has 2 aromatic rings. The Morgan fingerprint density at radius 1 is 1.17 bits per heavy atom. The Kier molecular flexibility index (Phi) is 6.77. The van der Waals surface area contributed by atoms with Gasteiger partial charge in [-0.25, -0.2) is 8.42 Å². The molecule has 3 rings (SSSR count). The average molecular weight is 452 g/mol. The summed E-state index contributed by atoms with van der Waals surface area (Å²) < 4.78 is 31.1. The van der Waals surface area contributed by atoms with E-state index in [0.29, 0.717) is 11.4 Å². The van der Waals surface area contributed by atoms with Crippen molar-refractivity contribution in [3.8, 4) is 5.75 Å². The van der Waals surface area contributed by atoms with Crippen molar-refractivity contribution in [1.29, 1.82) is 0 Å². The Morgan fingerprint density at radius 2 is 1.80 bits per heavy atom. The minimum absolute atomic E-state index is 0.258. The highest BCUT2D eigenvalue weighted by Crippen LogP contribution is 2.31. The number of carbonyl (C=O) groups is 1. The molecule has 0 aromatic heterocycles. The number of hydrogen-bond acceptors (Lipinski definition) is 5. The summed E-state index contributed by atoms with van der Waals surface area (Å²) >= 11 is 6.16. The Balaban J connectivity index is 1.78. The predicted octanol–water partition coefficient (Wildman–Crippen LogP) is 3.74. The van der Waals surface area contributed by atoms with Crippen molar-refractivity contribution in [1.82, 2.24) is 0 Å². The number of benzene rings is 2. The van der Waals surface area contributed by atoms with E-state index in [0.717, 1.165) is 29.3 Å². The Morgan fingerprint density at radius 3 is 2.33 bits per heavy atom. The van der Waals surface area contributed by atoms with Crippen LogP contribution in [-0.2, 0) is 14.8 Å². The highest BCUT2D eigenvalue weighted by Gasteiger charge is 2.29. The van der Waals surface area contributed by atoms with Crippen LogP contribution in [0.15, 0.2) is 42.5 Å². The number of carbonyl (C=O) groups excluding carboxylic acids is 1. The average Bonchev–Trinajstić information content (AvgIpc) is 3.22. The molecule has 1 N–H and O–H groups in total. The van der Waals surface area contributed by atoms with Crippen LogP contribution in [0.4, 0.5) is 17.1 Å². The van der Waals surface area contributed by atoms with Gasteiger partial charge in [-0.05, 0) is 62.2 Å². The molecule has 1 heterocycles. The molecule has 1 saturated heterocycles. The van der Waals surface area contributed by atoms with E-state index in [4.69, 9.17) is 16.3 Å². The lowest BCUT2D eigenvalue weighted by molar-refractivity contribution is -0.116. The minimum atomic E-state index is -3.74. The van der Waals surface area contributed by atoms with E-state index >= 15 is 0 Å². The third-order valence-electron chi connectivity index (χ3n) is 5.08. The molecule has 1 unspecified atom stereocenters. The fourth-order valence-electron chi connectivity index (χ4n) is 3.58. The summed E-state index contributed by atoms with van der Waals surface area (Å²) in [5.41, 5.74) is 2.01. The molecule has 1 fully saturated rings. The number of methoxy groups -OCH3 is 1. The lowest BCUT2D eigenvalue weighted by Gasteiger charge is -2.28. The van der Waals surface area contributed by atoms with Gasteiger partial charge >= 0.3 is 0 Å². The standard InChI is InChI=1S/C21H26ClN3O4S/c1-15(25(30(3,27)28)18-10-11-20(29-2)19(22)14-18)21(26)23-16-6-8-17(9-7-16)24-12-4-5-13-24/h6-11,14-15H,4-5,12-13H2,1-3H3,(H,23,26). The maximum atomic E-state index is 12.8. The number of nitrogens with zero attached hydrogens (tertiary/aromatic N) is 2. The molecule has 0 radical (unpaired) electrons. The normalized spacial score (nSPS) is 15.0. The van der Waals surface area contributed by atoms with Gasteiger partial charge in [0.15, 0.2) is 0 Å². The Bertz CT molecular complexity index is 1010. The quantitative estimate of drug-likeness (QED) is 0.693. The SMILES string of the molecule is COc1ccc(N(C(C)C(=O)Nc2ccc(N3CCCC3)cc2)S(C)(=O)=O)cc1Cl. The van der Waals surface area contributed by atoms with Crippen molar-refractivity contribution in [2.45, 2.75) is 25.8 Å². The molecule has 1 aliphatic heterocycles. The lowest BCUT2D eigenvalue weighted by Crippen LogP contribution is -2.45. The Labute approximate surface area is 182 Å². The third-order valence-corrected chi connectivity index (χ3v) is 6.62. The van der Waals surface area contributed by atoms with Gasteiger partial charge in [0.2, 0.25) is 15.9 Å². The van der Waals surface area contributed by atoms with E-state index in [9.17, 15) is 13.2 Å². The summed E-state index contributed by atoms with van der Waals surface area (Å²) in [6.07, 6.45) is 3.43. The molecular formula is C21H26ClN3O4S. The maximum Gasteiger partial charge on any atom is 0.247 e. The van der Waals surface area contributed by atoms with Gasteiger partial charge in [0, 0.05) is 24.5 Å². The van der Waals surface area contributed by atoms with Gasteiger partial charge in [0.25, 0.3) is 0 Å². The minimum Gasteiger partial charge on any atom is -0.495 e. The van der Waals surface area contributed by atoms with Crippen LogP contribution in [-0.4, -0.2) is 46.8 Å². The molecule has 0 aliphatic carbocycles. The van der Waals surface area contributed by atoms with Crippen LogP contribution in [0, 0.1) is 0 Å². The van der Waals surface area contributed by atoms with Gasteiger partial charge in [-0.1, -0.05) is 11.6 Å². The fourth-order valence-corrected chi connectivity index (χ4v) is 5.00. The second kappa shape index (κ2) is 9.14. The molecule has 30 heavy (non-hydrogen) atoms. The number of rotatable bonds is 7.